The zero-order chi connectivity index (χ0) is 15.4. The van der Waals surface area contributed by atoms with Crippen molar-refractivity contribution in [3.63, 3.8) is 0 Å². The molecule has 22 heavy (non-hydrogen) atoms. The monoisotopic (exact) mass is 295 g/mol. The van der Waals surface area contributed by atoms with Crippen LogP contribution in [-0.4, -0.2) is 11.2 Å². The molecule has 2 aromatic rings. The molecule has 0 unspecified atom stereocenters. The minimum atomic E-state index is -0.320. The molecule has 0 bridgehead atoms. The maximum Gasteiger partial charge on any atom is 0.190 e. The first-order valence-electron chi connectivity index (χ1n) is 6.87. The number of hydrogen-bond acceptors (Lipinski definition) is 3. The van der Waals surface area contributed by atoms with Crippen molar-refractivity contribution >= 4 is 12.0 Å². The summed E-state index contributed by atoms with van der Waals surface area (Å²) in [6.45, 7) is 0.588. The zero-order valence-corrected chi connectivity index (χ0v) is 11.8. The van der Waals surface area contributed by atoms with Gasteiger partial charge in [0, 0.05) is 18.3 Å². The van der Waals surface area contributed by atoms with Gasteiger partial charge in [-0.3, -0.25) is 4.79 Å². The van der Waals surface area contributed by atoms with Crippen molar-refractivity contribution in [2.75, 3.05) is 0 Å². The van der Waals surface area contributed by atoms with Crippen LogP contribution in [0.5, 0.6) is 0 Å². The van der Waals surface area contributed by atoms with Crippen LogP contribution < -0.4 is 0 Å². The Balaban J connectivity index is 1.98. The number of halogens is 1. The second-order valence-electron chi connectivity index (χ2n) is 4.85. The number of hydrogen-bond donors (Lipinski definition) is 0. The molecule has 0 radical (unpaired) electrons. The molecule has 0 amide bonds. The molecule has 3 rings (SSSR count). The summed E-state index contributed by atoms with van der Waals surface area (Å²) in [7, 11) is 0. The number of carbonyl (C=O) groups excluding carboxylic acids is 1. The number of aldehydes is 1. The van der Waals surface area contributed by atoms with Gasteiger partial charge in [0.15, 0.2) is 12.0 Å². The van der Waals surface area contributed by atoms with Gasteiger partial charge in [0.1, 0.15) is 12.1 Å². The fourth-order valence-corrected chi connectivity index (χ4v) is 2.36. The smallest absolute Gasteiger partial charge is 0.190 e. The van der Waals surface area contributed by atoms with Crippen LogP contribution in [0.3, 0.4) is 0 Å². The zero-order valence-electron chi connectivity index (χ0n) is 11.8. The van der Waals surface area contributed by atoms with Crippen LogP contribution >= 0.6 is 0 Å². The second-order valence-corrected chi connectivity index (χ2v) is 4.85. The molecule has 0 N–H and O–H groups in total. The highest BCUT2D eigenvalue weighted by atomic mass is 19.1. The van der Waals surface area contributed by atoms with E-state index in [0.29, 0.717) is 18.5 Å². The van der Waals surface area contributed by atoms with Crippen molar-refractivity contribution < 1.29 is 13.9 Å². The molecule has 4 heteroatoms. The average Bonchev–Trinajstić information content (AvgIpc) is 2.56. The fraction of sp³-hybridized carbons (Fsp3) is 0.0556. The molecule has 0 atom stereocenters. The summed E-state index contributed by atoms with van der Waals surface area (Å²) in [5, 5.41) is 0. The summed E-state index contributed by atoms with van der Waals surface area (Å²) in [6.07, 6.45) is 3.90. The van der Waals surface area contributed by atoms with Crippen molar-refractivity contribution in [1.29, 1.82) is 0 Å². The first-order chi connectivity index (χ1) is 10.8. The number of ether oxygens (including phenoxy) is 1. The van der Waals surface area contributed by atoms with Gasteiger partial charge in [-0.2, -0.15) is 0 Å². The Morgan fingerprint density at radius 2 is 1.77 bits per heavy atom. The Hall–Kier alpha value is -2.88. The molecule has 0 aliphatic carbocycles. The Morgan fingerprint density at radius 3 is 2.45 bits per heavy atom. The predicted octanol–water partition coefficient (Wildman–Crippen LogP) is 3.70. The van der Waals surface area contributed by atoms with Crippen molar-refractivity contribution in [2.24, 2.45) is 0 Å². The average molecular weight is 295 g/mol. The number of benzene rings is 2. The Morgan fingerprint density at radius 1 is 1.05 bits per heavy atom. The summed E-state index contributed by atoms with van der Waals surface area (Å²) in [5.74, 6) is -0.107. The molecule has 1 aliphatic rings. The molecular formula is C18H14FNO2. The van der Waals surface area contributed by atoms with Gasteiger partial charge in [-0.15, -0.1) is 0 Å². The first kappa shape index (κ1) is 14.1. The number of nitrogens with zero attached hydrogens (tertiary/aromatic N) is 1. The third-order valence-electron chi connectivity index (χ3n) is 3.38. The van der Waals surface area contributed by atoms with Crippen molar-refractivity contribution in [1.82, 2.24) is 4.90 Å². The van der Waals surface area contributed by atoms with Gasteiger partial charge in [-0.25, -0.2) is 4.39 Å². The van der Waals surface area contributed by atoms with E-state index < -0.39 is 0 Å². The third kappa shape index (κ3) is 2.91. The van der Waals surface area contributed by atoms with Crippen LogP contribution in [0.15, 0.2) is 72.8 Å². The van der Waals surface area contributed by atoms with Gasteiger partial charge >= 0.3 is 0 Å². The number of carbonyl (C=O) groups is 1. The minimum absolute atomic E-state index is 0.213. The van der Waals surface area contributed by atoms with E-state index in [4.69, 9.17) is 4.74 Å². The molecule has 1 heterocycles. The molecule has 0 saturated carbocycles. The molecule has 2 aromatic carbocycles. The summed E-state index contributed by atoms with van der Waals surface area (Å²) < 4.78 is 18.4. The summed E-state index contributed by atoms with van der Waals surface area (Å²) in [4.78, 5) is 13.2. The van der Waals surface area contributed by atoms with Crippen molar-refractivity contribution in [3.8, 4) is 0 Å². The van der Waals surface area contributed by atoms with E-state index in [9.17, 15) is 9.18 Å². The maximum atomic E-state index is 13.1. The summed E-state index contributed by atoms with van der Waals surface area (Å²) in [5.41, 5.74) is 2.45. The van der Waals surface area contributed by atoms with Gasteiger partial charge < -0.3 is 9.64 Å². The largest absolute Gasteiger partial charge is 0.458 e. The van der Waals surface area contributed by atoms with Crippen LogP contribution in [0.25, 0.3) is 5.70 Å². The van der Waals surface area contributed by atoms with E-state index >= 15 is 0 Å². The lowest BCUT2D eigenvalue weighted by molar-refractivity contribution is -0.107. The summed E-state index contributed by atoms with van der Waals surface area (Å²) >= 11 is 0. The molecule has 0 fully saturated rings. The van der Waals surface area contributed by atoms with Gasteiger partial charge in [0.25, 0.3) is 0 Å². The van der Waals surface area contributed by atoms with Crippen LogP contribution in [0.2, 0.25) is 0 Å². The van der Waals surface area contributed by atoms with Gasteiger partial charge in [-0.05, 0) is 29.8 Å². The van der Waals surface area contributed by atoms with Crippen LogP contribution in [0.1, 0.15) is 11.1 Å². The van der Waals surface area contributed by atoms with E-state index in [0.717, 1.165) is 11.1 Å². The SMILES string of the molecule is O=CC1=C(c2ccc(F)cc2)N(Cc2ccccc2)C=CO1. The lowest BCUT2D eigenvalue weighted by atomic mass is 10.1. The topological polar surface area (TPSA) is 29.5 Å². The molecule has 110 valence electrons. The van der Waals surface area contributed by atoms with Crippen molar-refractivity contribution in [3.05, 3.63) is 89.8 Å². The predicted molar refractivity (Wildman–Crippen MR) is 81.6 cm³/mol. The number of allylic oxidation sites excluding steroid dienone is 1. The van der Waals surface area contributed by atoms with E-state index in [-0.39, 0.29) is 11.6 Å². The Bertz CT molecular complexity index is 721. The lowest BCUT2D eigenvalue weighted by Crippen LogP contribution is -2.21. The van der Waals surface area contributed by atoms with E-state index in [1.807, 2.05) is 35.2 Å². The van der Waals surface area contributed by atoms with Gasteiger partial charge in [0.05, 0.1) is 5.70 Å². The van der Waals surface area contributed by atoms with Gasteiger partial charge in [0.2, 0.25) is 0 Å². The minimum Gasteiger partial charge on any atom is -0.458 e. The van der Waals surface area contributed by atoms with E-state index in [2.05, 4.69) is 0 Å². The quantitative estimate of drug-likeness (QED) is 0.806. The second kappa shape index (κ2) is 6.26. The molecule has 1 aliphatic heterocycles. The third-order valence-corrected chi connectivity index (χ3v) is 3.38. The van der Waals surface area contributed by atoms with Gasteiger partial charge in [-0.1, -0.05) is 30.3 Å². The normalized spacial score (nSPS) is 14.0. The summed E-state index contributed by atoms with van der Waals surface area (Å²) in [6, 6.07) is 15.9. The highest BCUT2D eigenvalue weighted by Gasteiger charge is 2.20. The molecule has 3 nitrogen and oxygen atoms in total. The Labute approximate surface area is 127 Å². The van der Waals surface area contributed by atoms with Crippen LogP contribution in [0, 0.1) is 5.82 Å². The standard InChI is InChI=1S/C18H14FNO2/c19-16-8-6-15(7-9-16)18-17(13-21)22-11-10-20(18)12-14-4-2-1-3-5-14/h1-11,13H,12H2. The highest BCUT2D eigenvalue weighted by Crippen LogP contribution is 2.28. The highest BCUT2D eigenvalue weighted by molar-refractivity contribution is 5.86. The van der Waals surface area contributed by atoms with E-state index in [1.54, 1.807) is 18.3 Å². The van der Waals surface area contributed by atoms with E-state index in [1.165, 1.54) is 18.4 Å². The molecule has 0 spiro atoms. The Kier molecular flexibility index (Phi) is 4.01. The van der Waals surface area contributed by atoms with Crippen molar-refractivity contribution in [2.45, 2.75) is 6.54 Å². The molecular weight excluding hydrogens is 281 g/mol. The molecule has 0 aromatic heterocycles. The molecule has 0 saturated heterocycles. The first-order valence-corrected chi connectivity index (χ1v) is 6.87. The lowest BCUT2D eigenvalue weighted by Gasteiger charge is -2.28. The maximum absolute atomic E-state index is 13.1. The fourth-order valence-electron chi connectivity index (χ4n) is 2.36. The van der Waals surface area contributed by atoms with Crippen LogP contribution in [0.4, 0.5) is 4.39 Å². The number of rotatable bonds is 4. The van der Waals surface area contributed by atoms with Crippen LogP contribution in [-0.2, 0) is 16.1 Å².